The average Bonchev–Trinajstić information content (AvgIpc) is 2.43. The number of aromatic carboxylic acids is 1. The Bertz CT molecular complexity index is 686. The van der Waals surface area contributed by atoms with Crippen molar-refractivity contribution in [3.05, 3.63) is 58.9 Å². The summed E-state index contributed by atoms with van der Waals surface area (Å²) < 4.78 is 13.4. The molecule has 2 aromatic rings. The third-order valence-electron chi connectivity index (χ3n) is 3.43. The Labute approximate surface area is 122 Å². The molecule has 0 fully saturated rings. The topological polar surface area (TPSA) is 75.3 Å². The number of nitrogen functional groups attached to an aromatic ring is 1. The number of nitrogens with two attached hydrogens (primary N) is 1. The Morgan fingerprint density at radius 2 is 1.95 bits per heavy atom. The molecule has 0 amide bonds. The summed E-state index contributed by atoms with van der Waals surface area (Å²) >= 11 is 0. The molecule has 0 aliphatic heterocycles. The highest BCUT2D eigenvalue weighted by atomic mass is 19.1. The standard InChI is InChI=1S/C16H17FN2O2/c1-9-5-3-4-6-11(9)10(2)19-13-8-7-12(17)15(18)14(13)16(20)21/h3-8,10,19H,18H2,1-2H3,(H,20,21). The summed E-state index contributed by atoms with van der Waals surface area (Å²) in [7, 11) is 0. The molecule has 0 saturated heterocycles. The first kappa shape index (κ1) is 14.8. The van der Waals surface area contributed by atoms with Crippen LogP contribution in [-0.2, 0) is 0 Å². The summed E-state index contributed by atoms with van der Waals surface area (Å²) in [5, 5.41) is 12.3. The van der Waals surface area contributed by atoms with Crippen molar-refractivity contribution in [2.45, 2.75) is 19.9 Å². The minimum Gasteiger partial charge on any atom is -0.478 e. The molecule has 0 saturated carbocycles. The fourth-order valence-corrected chi connectivity index (χ4v) is 2.33. The van der Waals surface area contributed by atoms with Crippen LogP contribution in [0.2, 0.25) is 0 Å². The van der Waals surface area contributed by atoms with Gasteiger partial charge in [0.05, 0.1) is 11.4 Å². The molecule has 5 heteroatoms. The molecule has 0 aromatic heterocycles. The lowest BCUT2D eigenvalue weighted by Crippen LogP contribution is -2.14. The summed E-state index contributed by atoms with van der Waals surface area (Å²) in [5.74, 6) is -1.99. The van der Waals surface area contributed by atoms with Crippen molar-refractivity contribution >= 4 is 17.3 Å². The van der Waals surface area contributed by atoms with Gasteiger partial charge in [-0.2, -0.15) is 0 Å². The van der Waals surface area contributed by atoms with Gasteiger partial charge in [0.15, 0.2) is 0 Å². The summed E-state index contributed by atoms with van der Waals surface area (Å²) in [6.45, 7) is 3.89. The monoisotopic (exact) mass is 288 g/mol. The van der Waals surface area contributed by atoms with Crippen LogP contribution in [0.15, 0.2) is 36.4 Å². The highest BCUT2D eigenvalue weighted by Gasteiger charge is 2.19. The van der Waals surface area contributed by atoms with E-state index in [4.69, 9.17) is 5.73 Å². The van der Waals surface area contributed by atoms with Gasteiger partial charge in [-0.05, 0) is 37.1 Å². The zero-order valence-electron chi connectivity index (χ0n) is 11.9. The van der Waals surface area contributed by atoms with Crippen LogP contribution >= 0.6 is 0 Å². The summed E-state index contributed by atoms with van der Waals surface area (Å²) in [4.78, 5) is 11.3. The first-order valence-corrected chi connectivity index (χ1v) is 6.55. The van der Waals surface area contributed by atoms with Crippen LogP contribution in [0.3, 0.4) is 0 Å². The lowest BCUT2D eigenvalue weighted by molar-refractivity contribution is 0.0698. The van der Waals surface area contributed by atoms with Gasteiger partial charge < -0.3 is 16.2 Å². The quantitative estimate of drug-likeness (QED) is 0.752. The normalized spacial score (nSPS) is 12.0. The first-order chi connectivity index (χ1) is 9.91. The van der Waals surface area contributed by atoms with Crippen LogP contribution in [0.1, 0.15) is 34.5 Å². The molecule has 21 heavy (non-hydrogen) atoms. The largest absolute Gasteiger partial charge is 0.478 e. The molecule has 0 aliphatic carbocycles. The lowest BCUT2D eigenvalue weighted by atomic mass is 10.0. The summed E-state index contributed by atoms with van der Waals surface area (Å²) in [6.07, 6.45) is 0. The number of hydrogen-bond acceptors (Lipinski definition) is 3. The number of aryl methyl sites for hydroxylation is 1. The van der Waals surface area contributed by atoms with Crippen LogP contribution in [0.5, 0.6) is 0 Å². The fraction of sp³-hybridized carbons (Fsp3) is 0.188. The number of anilines is 2. The van der Waals surface area contributed by atoms with E-state index >= 15 is 0 Å². The van der Waals surface area contributed by atoms with Crippen LogP contribution in [0.4, 0.5) is 15.8 Å². The van der Waals surface area contributed by atoms with E-state index < -0.39 is 11.8 Å². The number of halogens is 1. The van der Waals surface area contributed by atoms with Gasteiger partial charge >= 0.3 is 5.97 Å². The van der Waals surface area contributed by atoms with Crippen molar-refractivity contribution < 1.29 is 14.3 Å². The number of carboxylic acids is 1. The molecule has 1 unspecified atom stereocenters. The second kappa shape index (κ2) is 5.83. The molecule has 2 aromatic carbocycles. The Morgan fingerprint density at radius 1 is 1.29 bits per heavy atom. The van der Waals surface area contributed by atoms with Gasteiger partial charge in [0.1, 0.15) is 11.4 Å². The predicted molar refractivity (Wildman–Crippen MR) is 81.0 cm³/mol. The van der Waals surface area contributed by atoms with Crippen LogP contribution in [-0.4, -0.2) is 11.1 Å². The van der Waals surface area contributed by atoms with Crippen molar-refractivity contribution in [1.82, 2.24) is 0 Å². The molecule has 0 aliphatic rings. The Morgan fingerprint density at radius 3 is 2.57 bits per heavy atom. The van der Waals surface area contributed by atoms with Gasteiger partial charge in [-0.15, -0.1) is 0 Å². The number of nitrogens with one attached hydrogen (secondary N) is 1. The van der Waals surface area contributed by atoms with Gasteiger partial charge in [-0.3, -0.25) is 0 Å². The minimum atomic E-state index is -1.26. The van der Waals surface area contributed by atoms with Gasteiger partial charge in [0.2, 0.25) is 0 Å². The number of benzene rings is 2. The van der Waals surface area contributed by atoms with E-state index in [1.165, 1.54) is 6.07 Å². The van der Waals surface area contributed by atoms with Crippen LogP contribution < -0.4 is 11.1 Å². The van der Waals surface area contributed by atoms with E-state index in [0.29, 0.717) is 5.69 Å². The second-order valence-corrected chi connectivity index (χ2v) is 4.91. The SMILES string of the molecule is Cc1ccccc1C(C)Nc1ccc(F)c(N)c1C(=O)O. The molecule has 110 valence electrons. The minimum absolute atomic E-state index is 0.130. The molecule has 4 nitrogen and oxygen atoms in total. The lowest BCUT2D eigenvalue weighted by Gasteiger charge is -2.20. The fourth-order valence-electron chi connectivity index (χ4n) is 2.33. The van der Waals surface area contributed by atoms with Gasteiger partial charge in [0.25, 0.3) is 0 Å². The van der Waals surface area contributed by atoms with E-state index in [2.05, 4.69) is 5.32 Å². The van der Waals surface area contributed by atoms with Crippen LogP contribution in [0.25, 0.3) is 0 Å². The molecule has 1 atom stereocenters. The average molecular weight is 288 g/mol. The second-order valence-electron chi connectivity index (χ2n) is 4.91. The van der Waals surface area contributed by atoms with Crippen molar-refractivity contribution in [3.63, 3.8) is 0 Å². The molecule has 0 bridgehead atoms. The van der Waals surface area contributed by atoms with Crippen LogP contribution in [0, 0.1) is 12.7 Å². The van der Waals surface area contributed by atoms with Crippen molar-refractivity contribution in [2.75, 3.05) is 11.1 Å². The van der Waals surface area contributed by atoms with Gasteiger partial charge in [-0.25, -0.2) is 9.18 Å². The maximum absolute atomic E-state index is 13.4. The Balaban J connectivity index is 2.38. The summed E-state index contributed by atoms with van der Waals surface area (Å²) in [5.41, 5.74) is 7.36. The zero-order chi connectivity index (χ0) is 15.6. The molecule has 0 heterocycles. The van der Waals surface area contributed by atoms with Crippen molar-refractivity contribution in [2.24, 2.45) is 0 Å². The molecule has 2 rings (SSSR count). The predicted octanol–water partition coefficient (Wildman–Crippen LogP) is 3.59. The molecule has 0 radical (unpaired) electrons. The number of rotatable bonds is 4. The van der Waals surface area contributed by atoms with E-state index in [0.717, 1.165) is 17.2 Å². The molecular formula is C16H17FN2O2. The summed E-state index contributed by atoms with van der Waals surface area (Å²) in [6, 6.07) is 10.2. The maximum Gasteiger partial charge on any atom is 0.340 e. The maximum atomic E-state index is 13.4. The van der Waals surface area contributed by atoms with E-state index in [1.54, 1.807) is 0 Å². The van der Waals surface area contributed by atoms with E-state index in [9.17, 15) is 14.3 Å². The molecular weight excluding hydrogens is 271 g/mol. The Kier molecular flexibility index (Phi) is 4.12. The highest BCUT2D eigenvalue weighted by Crippen LogP contribution is 2.29. The number of carboxylic acid groups (broad SMARTS) is 1. The zero-order valence-corrected chi connectivity index (χ0v) is 11.9. The van der Waals surface area contributed by atoms with E-state index in [-0.39, 0.29) is 17.3 Å². The third-order valence-corrected chi connectivity index (χ3v) is 3.43. The number of hydrogen-bond donors (Lipinski definition) is 3. The third kappa shape index (κ3) is 2.97. The smallest absolute Gasteiger partial charge is 0.340 e. The molecule has 4 N–H and O–H groups in total. The molecule has 0 spiro atoms. The van der Waals surface area contributed by atoms with Crippen molar-refractivity contribution in [3.8, 4) is 0 Å². The van der Waals surface area contributed by atoms with Crippen molar-refractivity contribution in [1.29, 1.82) is 0 Å². The number of carbonyl (C=O) groups is 1. The van der Waals surface area contributed by atoms with E-state index in [1.807, 2.05) is 38.1 Å². The first-order valence-electron chi connectivity index (χ1n) is 6.55. The van der Waals surface area contributed by atoms with Gasteiger partial charge in [-0.1, -0.05) is 24.3 Å². The van der Waals surface area contributed by atoms with Gasteiger partial charge in [0, 0.05) is 6.04 Å². The highest BCUT2D eigenvalue weighted by molar-refractivity contribution is 6.00. The Hall–Kier alpha value is -2.56.